The van der Waals surface area contributed by atoms with Crippen molar-refractivity contribution in [2.45, 2.75) is 45.1 Å². The quantitative estimate of drug-likeness (QED) is 0.742. The smallest absolute Gasteiger partial charge is 0.0312 e. The van der Waals surface area contributed by atoms with E-state index in [-0.39, 0.29) is 0 Å². The molecule has 0 radical (unpaired) electrons. The summed E-state index contributed by atoms with van der Waals surface area (Å²) in [5.41, 5.74) is 1.28. The Balaban J connectivity index is 1.52. The van der Waals surface area contributed by atoms with Crippen molar-refractivity contribution in [3.63, 3.8) is 0 Å². The van der Waals surface area contributed by atoms with Crippen LogP contribution in [-0.4, -0.2) is 11.5 Å². The number of aromatic nitrogens is 1. The van der Waals surface area contributed by atoms with Crippen molar-refractivity contribution in [1.82, 2.24) is 10.3 Å². The molecule has 0 aliphatic heterocycles. The topological polar surface area (TPSA) is 24.9 Å². The second kappa shape index (κ2) is 6.64. The molecule has 0 atom stereocenters. The number of hydrogen-bond acceptors (Lipinski definition) is 2. The van der Waals surface area contributed by atoms with Gasteiger partial charge in [-0.05, 0) is 36.9 Å². The molecule has 2 heteroatoms. The first-order chi connectivity index (χ1) is 7.95. The fourth-order valence-corrected chi connectivity index (χ4v) is 2.55. The van der Waals surface area contributed by atoms with Crippen LogP contribution in [0.25, 0.3) is 0 Å². The highest BCUT2D eigenvalue weighted by atomic mass is 14.8. The molecule has 1 aliphatic carbocycles. The van der Waals surface area contributed by atoms with Crippen LogP contribution in [0.5, 0.6) is 0 Å². The molecular weight excluding hydrogens is 196 g/mol. The van der Waals surface area contributed by atoms with E-state index in [1.165, 1.54) is 44.1 Å². The minimum absolute atomic E-state index is 0.957. The van der Waals surface area contributed by atoms with Crippen LogP contribution in [0.1, 0.15) is 44.1 Å². The molecule has 0 aromatic carbocycles. The summed E-state index contributed by atoms with van der Waals surface area (Å²) in [5, 5.41) is 3.49. The molecule has 0 unspecified atom stereocenters. The Labute approximate surface area is 98.5 Å². The van der Waals surface area contributed by atoms with Gasteiger partial charge in [-0.15, -0.1) is 0 Å². The average molecular weight is 218 g/mol. The molecule has 1 aromatic rings. The van der Waals surface area contributed by atoms with Crippen LogP contribution < -0.4 is 5.32 Å². The standard InChI is InChI=1S/C14H22N2/c1-2-6-13(5-1)7-3-9-15-11-14-8-4-10-16-12-14/h4,8,10,12-13,15H,1-3,5-7,9,11H2. The van der Waals surface area contributed by atoms with Crippen LogP contribution in [0.15, 0.2) is 24.5 Å². The molecule has 1 fully saturated rings. The summed E-state index contributed by atoms with van der Waals surface area (Å²) >= 11 is 0. The summed E-state index contributed by atoms with van der Waals surface area (Å²) in [7, 11) is 0. The van der Waals surface area contributed by atoms with E-state index in [2.05, 4.69) is 16.4 Å². The van der Waals surface area contributed by atoms with Gasteiger partial charge in [0.15, 0.2) is 0 Å². The zero-order chi connectivity index (χ0) is 11.1. The summed E-state index contributed by atoms with van der Waals surface area (Å²) in [6.45, 7) is 2.10. The highest BCUT2D eigenvalue weighted by Crippen LogP contribution is 2.28. The van der Waals surface area contributed by atoms with Crippen molar-refractivity contribution in [1.29, 1.82) is 0 Å². The Hall–Kier alpha value is -0.890. The first-order valence-corrected chi connectivity index (χ1v) is 6.55. The van der Waals surface area contributed by atoms with Crippen LogP contribution in [0.3, 0.4) is 0 Å². The van der Waals surface area contributed by atoms with E-state index in [0.29, 0.717) is 0 Å². The predicted molar refractivity (Wildman–Crippen MR) is 67.1 cm³/mol. The number of hydrogen-bond donors (Lipinski definition) is 1. The summed E-state index contributed by atoms with van der Waals surface area (Å²) in [5.74, 6) is 1.03. The van der Waals surface area contributed by atoms with Gasteiger partial charge in [0.25, 0.3) is 0 Å². The summed E-state index contributed by atoms with van der Waals surface area (Å²) in [4.78, 5) is 4.11. The molecule has 2 rings (SSSR count). The third-order valence-electron chi connectivity index (χ3n) is 3.49. The molecule has 88 valence electrons. The van der Waals surface area contributed by atoms with E-state index in [0.717, 1.165) is 19.0 Å². The van der Waals surface area contributed by atoms with E-state index in [1.807, 2.05) is 18.5 Å². The first-order valence-electron chi connectivity index (χ1n) is 6.55. The van der Waals surface area contributed by atoms with Crippen molar-refractivity contribution in [3.8, 4) is 0 Å². The zero-order valence-electron chi connectivity index (χ0n) is 9.99. The minimum Gasteiger partial charge on any atom is -0.313 e. The summed E-state index contributed by atoms with van der Waals surface area (Å²) in [6.07, 6.45) is 12.4. The van der Waals surface area contributed by atoms with E-state index in [4.69, 9.17) is 0 Å². The van der Waals surface area contributed by atoms with Crippen molar-refractivity contribution >= 4 is 0 Å². The van der Waals surface area contributed by atoms with Gasteiger partial charge in [0.2, 0.25) is 0 Å². The van der Waals surface area contributed by atoms with E-state index >= 15 is 0 Å². The summed E-state index contributed by atoms with van der Waals surface area (Å²) in [6, 6.07) is 4.12. The lowest BCUT2D eigenvalue weighted by atomic mass is 10.0. The van der Waals surface area contributed by atoms with Crippen molar-refractivity contribution < 1.29 is 0 Å². The molecule has 2 nitrogen and oxygen atoms in total. The van der Waals surface area contributed by atoms with E-state index < -0.39 is 0 Å². The number of nitrogens with one attached hydrogen (secondary N) is 1. The number of nitrogens with zero attached hydrogens (tertiary/aromatic N) is 1. The zero-order valence-corrected chi connectivity index (χ0v) is 9.99. The Kier molecular flexibility index (Phi) is 4.81. The maximum Gasteiger partial charge on any atom is 0.0312 e. The van der Waals surface area contributed by atoms with Gasteiger partial charge in [-0.25, -0.2) is 0 Å². The Morgan fingerprint density at radius 1 is 1.31 bits per heavy atom. The van der Waals surface area contributed by atoms with Gasteiger partial charge < -0.3 is 5.32 Å². The van der Waals surface area contributed by atoms with Gasteiger partial charge in [-0.1, -0.05) is 31.7 Å². The molecule has 1 heterocycles. The third-order valence-corrected chi connectivity index (χ3v) is 3.49. The predicted octanol–water partition coefficient (Wildman–Crippen LogP) is 3.14. The Morgan fingerprint density at radius 2 is 2.19 bits per heavy atom. The fraction of sp³-hybridized carbons (Fsp3) is 0.643. The van der Waals surface area contributed by atoms with Gasteiger partial charge in [-0.3, -0.25) is 4.98 Å². The lowest BCUT2D eigenvalue weighted by Crippen LogP contribution is -2.15. The molecule has 1 aliphatic rings. The minimum atomic E-state index is 0.957. The molecule has 0 amide bonds. The molecule has 1 N–H and O–H groups in total. The monoisotopic (exact) mass is 218 g/mol. The highest BCUT2D eigenvalue weighted by molar-refractivity contribution is 5.07. The maximum atomic E-state index is 4.11. The first kappa shape index (κ1) is 11.6. The number of rotatable bonds is 6. The largest absolute Gasteiger partial charge is 0.313 e. The molecule has 1 saturated carbocycles. The molecule has 16 heavy (non-hydrogen) atoms. The molecule has 0 bridgehead atoms. The normalized spacial score (nSPS) is 16.8. The lowest BCUT2D eigenvalue weighted by molar-refractivity contribution is 0.470. The SMILES string of the molecule is c1cncc(CNCCCC2CCCC2)c1. The van der Waals surface area contributed by atoms with Crippen LogP contribution >= 0.6 is 0 Å². The van der Waals surface area contributed by atoms with Crippen molar-refractivity contribution in [2.75, 3.05) is 6.54 Å². The van der Waals surface area contributed by atoms with Gasteiger partial charge in [0.1, 0.15) is 0 Å². The molecule has 0 saturated heterocycles. The third kappa shape index (κ3) is 3.93. The maximum absolute atomic E-state index is 4.11. The average Bonchev–Trinajstić information content (AvgIpc) is 2.83. The van der Waals surface area contributed by atoms with Gasteiger partial charge in [0.05, 0.1) is 0 Å². The summed E-state index contributed by atoms with van der Waals surface area (Å²) < 4.78 is 0. The second-order valence-electron chi connectivity index (χ2n) is 4.83. The van der Waals surface area contributed by atoms with Crippen LogP contribution in [-0.2, 0) is 6.54 Å². The van der Waals surface area contributed by atoms with Crippen molar-refractivity contribution in [3.05, 3.63) is 30.1 Å². The molecule has 0 spiro atoms. The molecule has 1 aromatic heterocycles. The van der Waals surface area contributed by atoms with Gasteiger partial charge in [-0.2, -0.15) is 0 Å². The highest BCUT2D eigenvalue weighted by Gasteiger charge is 2.13. The van der Waals surface area contributed by atoms with E-state index in [1.54, 1.807) is 0 Å². The Bertz CT molecular complexity index is 278. The van der Waals surface area contributed by atoms with Crippen LogP contribution in [0, 0.1) is 5.92 Å². The molecular formula is C14H22N2. The van der Waals surface area contributed by atoms with Gasteiger partial charge in [0, 0.05) is 18.9 Å². The van der Waals surface area contributed by atoms with Crippen LogP contribution in [0.4, 0.5) is 0 Å². The van der Waals surface area contributed by atoms with Crippen LogP contribution in [0.2, 0.25) is 0 Å². The fourth-order valence-electron chi connectivity index (χ4n) is 2.55. The second-order valence-corrected chi connectivity index (χ2v) is 4.83. The van der Waals surface area contributed by atoms with Gasteiger partial charge >= 0.3 is 0 Å². The van der Waals surface area contributed by atoms with Crippen molar-refractivity contribution in [2.24, 2.45) is 5.92 Å². The lowest BCUT2D eigenvalue weighted by Gasteiger charge is -2.09. The number of pyridine rings is 1. The Morgan fingerprint density at radius 3 is 2.94 bits per heavy atom. The van der Waals surface area contributed by atoms with E-state index in [9.17, 15) is 0 Å².